The number of carbonyl (C=O) groups excluding carboxylic acids is 1. The van der Waals surface area contributed by atoms with Crippen LogP contribution >= 0.6 is 0 Å². The number of carboxylic acid groups (broad SMARTS) is 1. The van der Waals surface area contributed by atoms with Crippen molar-refractivity contribution < 1.29 is 14.7 Å². The molecule has 0 spiro atoms. The number of terminal acetylenes is 1. The molecule has 0 saturated carbocycles. The second-order valence-corrected chi connectivity index (χ2v) is 4.28. The lowest BCUT2D eigenvalue weighted by Crippen LogP contribution is -2.40. The van der Waals surface area contributed by atoms with Gasteiger partial charge in [0.25, 0.3) is 0 Å². The number of aryl methyl sites for hydroxylation is 1. The van der Waals surface area contributed by atoms with Gasteiger partial charge >= 0.3 is 5.97 Å². The largest absolute Gasteiger partial charge is 0.481 e. The number of amides is 1. The zero-order chi connectivity index (χ0) is 15.0. The lowest BCUT2D eigenvalue weighted by molar-refractivity contribution is -0.136. The molecule has 0 aliphatic heterocycles. The van der Waals surface area contributed by atoms with E-state index in [0.29, 0.717) is 6.54 Å². The molecule has 5 heteroatoms. The average Bonchev–Trinajstić information content (AvgIpc) is 2.41. The van der Waals surface area contributed by atoms with Crippen LogP contribution in [0.4, 0.5) is 5.69 Å². The zero-order valence-electron chi connectivity index (χ0n) is 11.4. The van der Waals surface area contributed by atoms with E-state index in [1.54, 1.807) is 6.07 Å². The maximum absolute atomic E-state index is 12.2. The predicted octanol–water partition coefficient (Wildman–Crippen LogP) is 1.03. The molecule has 1 amide bonds. The molecule has 0 radical (unpaired) electrons. The number of rotatable bonds is 7. The van der Waals surface area contributed by atoms with Crippen molar-refractivity contribution in [1.29, 1.82) is 0 Å². The van der Waals surface area contributed by atoms with Crippen molar-refractivity contribution >= 4 is 17.6 Å². The van der Waals surface area contributed by atoms with Crippen molar-refractivity contribution in [2.24, 2.45) is 0 Å². The lowest BCUT2D eigenvalue weighted by Gasteiger charge is -2.24. The maximum Gasteiger partial charge on any atom is 0.305 e. The molecule has 0 bridgehead atoms. The number of carboxylic acids is 1. The Morgan fingerprint density at radius 1 is 1.40 bits per heavy atom. The van der Waals surface area contributed by atoms with E-state index in [4.69, 9.17) is 11.5 Å². The Labute approximate surface area is 118 Å². The van der Waals surface area contributed by atoms with Crippen LogP contribution < -0.4 is 10.2 Å². The normalized spacial score (nSPS) is 9.80. The molecule has 0 unspecified atom stereocenters. The molecule has 0 fully saturated rings. The SMILES string of the molecule is C#CCNCC(=O)N(CCC(=O)O)c1ccccc1C. The molecule has 1 aromatic carbocycles. The molecule has 0 aliphatic rings. The van der Waals surface area contributed by atoms with Crippen LogP contribution in [0.2, 0.25) is 0 Å². The highest BCUT2D eigenvalue weighted by atomic mass is 16.4. The molecule has 20 heavy (non-hydrogen) atoms. The van der Waals surface area contributed by atoms with Gasteiger partial charge < -0.3 is 10.0 Å². The summed E-state index contributed by atoms with van der Waals surface area (Å²) in [4.78, 5) is 24.4. The summed E-state index contributed by atoms with van der Waals surface area (Å²) < 4.78 is 0. The van der Waals surface area contributed by atoms with E-state index in [0.717, 1.165) is 11.3 Å². The number of nitrogens with zero attached hydrogens (tertiary/aromatic N) is 1. The highest BCUT2D eigenvalue weighted by molar-refractivity contribution is 5.95. The molecule has 1 rings (SSSR count). The molecular weight excluding hydrogens is 256 g/mol. The highest BCUT2D eigenvalue weighted by Gasteiger charge is 2.17. The summed E-state index contributed by atoms with van der Waals surface area (Å²) >= 11 is 0. The molecule has 0 aliphatic carbocycles. The molecule has 1 aromatic rings. The summed E-state index contributed by atoms with van der Waals surface area (Å²) in [5.41, 5.74) is 1.64. The first-order chi connectivity index (χ1) is 9.56. The van der Waals surface area contributed by atoms with Crippen LogP contribution in [-0.4, -0.2) is 36.6 Å². The molecule has 5 nitrogen and oxygen atoms in total. The van der Waals surface area contributed by atoms with Crippen LogP contribution in [0.15, 0.2) is 24.3 Å². The van der Waals surface area contributed by atoms with Gasteiger partial charge in [-0.15, -0.1) is 6.42 Å². The number of aliphatic carboxylic acids is 1. The third-order valence-corrected chi connectivity index (χ3v) is 2.76. The quantitative estimate of drug-likeness (QED) is 0.575. The van der Waals surface area contributed by atoms with Crippen molar-refractivity contribution in [1.82, 2.24) is 5.32 Å². The monoisotopic (exact) mass is 274 g/mol. The number of para-hydroxylation sites is 1. The fourth-order valence-electron chi connectivity index (χ4n) is 1.79. The number of carbonyl (C=O) groups is 2. The number of hydrogen-bond acceptors (Lipinski definition) is 3. The molecular formula is C15H18N2O3. The second-order valence-electron chi connectivity index (χ2n) is 4.28. The van der Waals surface area contributed by atoms with E-state index in [1.807, 2.05) is 25.1 Å². The minimum Gasteiger partial charge on any atom is -0.481 e. The third kappa shape index (κ3) is 4.75. The van der Waals surface area contributed by atoms with E-state index >= 15 is 0 Å². The van der Waals surface area contributed by atoms with Crippen molar-refractivity contribution in [2.75, 3.05) is 24.5 Å². The molecule has 106 valence electrons. The van der Waals surface area contributed by atoms with Gasteiger partial charge in [0, 0.05) is 12.2 Å². The number of hydrogen-bond donors (Lipinski definition) is 2. The van der Waals surface area contributed by atoms with Gasteiger partial charge in [-0.05, 0) is 18.6 Å². The van der Waals surface area contributed by atoms with E-state index in [-0.39, 0.29) is 25.4 Å². The first-order valence-corrected chi connectivity index (χ1v) is 6.28. The molecule has 0 heterocycles. The average molecular weight is 274 g/mol. The Kier molecular flexibility index (Phi) is 6.27. The summed E-state index contributed by atoms with van der Waals surface area (Å²) in [6, 6.07) is 7.37. The fraction of sp³-hybridized carbons (Fsp3) is 0.333. The van der Waals surface area contributed by atoms with E-state index < -0.39 is 5.97 Å². The van der Waals surface area contributed by atoms with Gasteiger partial charge in [0.05, 0.1) is 19.5 Å². The Bertz CT molecular complexity index is 520. The number of anilines is 1. The molecule has 0 saturated heterocycles. The van der Waals surface area contributed by atoms with Crippen LogP contribution in [-0.2, 0) is 9.59 Å². The Morgan fingerprint density at radius 2 is 2.10 bits per heavy atom. The summed E-state index contributed by atoms with van der Waals surface area (Å²) in [6.45, 7) is 2.40. The first kappa shape index (κ1) is 15.7. The van der Waals surface area contributed by atoms with Gasteiger partial charge in [-0.25, -0.2) is 0 Å². The van der Waals surface area contributed by atoms with Crippen LogP contribution in [0, 0.1) is 19.3 Å². The van der Waals surface area contributed by atoms with Gasteiger partial charge in [-0.2, -0.15) is 0 Å². The third-order valence-electron chi connectivity index (χ3n) is 2.76. The number of nitrogens with one attached hydrogen (secondary N) is 1. The molecule has 0 atom stereocenters. The zero-order valence-corrected chi connectivity index (χ0v) is 11.4. The minimum absolute atomic E-state index is 0.0815. The summed E-state index contributed by atoms with van der Waals surface area (Å²) in [7, 11) is 0. The van der Waals surface area contributed by atoms with E-state index in [2.05, 4.69) is 11.2 Å². The Hall–Kier alpha value is -2.32. The van der Waals surface area contributed by atoms with Crippen LogP contribution in [0.1, 0.15) is 12.0 Å². The Balaban J connectivity index is 2.85. The smallest absolute Gasteiger partial charge is 0.305 e. The van der Waals surface area contributed by atoms with Gasteiger partial charge in [0.15, 0.2) is 0 Å². The topological polar surface area (TPSA) is 69.6 Å². The lowest BCUT2D eigenvalue weighted by atomic mass is 10.1. The van der Waals surface area contributed by atoms with Gasteiger partial charge in [0.2, 0.25) is 5.91 Å². The standard InChI is InChI=1S/C15H18N2O3/c1-3-9-16-11-14(18)17(10-8-15(19)20)13-7-5-4-6-12(13)2/h1,4-7,16H,8-11H2,2H3,(H,19,20). The van der Waals surface area contributed by atoms with E-state index in [9.17, 15) is 9.59 Å². The van der Waals surface area contributed by atoms with Crippen molar-refractivity contribution in [3.63, 3.8) is 0 Å². The highest BCUT2D eigenvalue weighted by Crippen LogP contribution is 2.19. The number of benzene rings is 1. The first-order valence-electron chi connectivity index (χ1n) is 6.28. The minimum atomic E-state index is -0.937. The van der Waals surface area contributed by atoms with Crippen molar-refractivity contribution in [2.45, 2.75) is 13.3 Å². The summed E-state index contributed by atoms with van der Waals surface area (Å²) in [5, 5.41) is 11.6. The van der Waals surface area contributed by atoms with Crippen molar-refractivity contribution in [3.05, 3.63) is 29.8 Å². The predicted molar refractivity (Wildman–Crippen MR) is 77.5 cm³/mol. The second kappa shape index (κ2) is 7.97. The van der Waals surface area contributed by atoms with Gasteiger partial charge in [0.1, 0.15) is 0 Å². The van der Waals surface area contributed by atoms with Gasteiger partial charge in [-0.3, -0.25) is 14.9 Å². The van der Waals surface area contributed by atoms with Crippen LogP contribution in [0.25, 0.3) is 0 Å². The molecule has 2 N–H and O–H groups in total. The fourth-order valence-corrected chi connectivity index (χ4v) is 1.79. The Morgan fingerprint density at radius 3 is 2.70 bits per heavy atom. The van der Waals surface area contributed by atoms with Gasteiger partial charge in [-0.1, -0.05) is 24.1 Å². The maximum atomic E-state index is 12.2. The molecule has 0 aromatic heterocycles. The van der Waals surface area contributed by atoms with E-state index in [1.165, 1.54) is 4.90 Å². The summed E-state index contributed by atoms with van der Waals surface area (Å²) in [6.07, 6.45) is 5.01. The van der Waals surface area contributed by atoms with Crippen LogP contribution in [0.5, 0.6) is 0 Å². The summed E-state index contributed by atoms with van der Waals surface area (Å²) in [5.74, 6) is 1.25. The van der Waals surface area contributed by atoms with Crippen LogP contribution in [0.3, 0.4) is 0 Å². The van der Waals surface area contributed by atoms with Crippen molar-refractivity contribution in [3.8, 4) is 12.3 Å².